The number of hydrogen-bond acceptors (Lipinski definition) is 6. The number of carbonyl (C=O) groups is 1. The molecule has 1 fully saturated rings. The molecule has 2 aliphatic rings. The van der Waals surface area contributed by atoms with Gasteiger partial charge in [0.25, 0.3) is 0 Å². The van der Waals surface area contributed by atoms with E-state index in [0.717, 1.165) is 19.5 Å². The normalized spacial score (nSPS) is 20.5. The summed E-state index contributed by atoms with van der Waals surface area (Å²) >= 11 is 1.81. The Labute approximate surface area is 178 Å². The molecule has 0 saturated carbocycles. The first-order chi connectivity index (χ1) is 11.8. The summed E-state index contributed by atoms with van der Waals surface area (Å²) < 4.78 is 23.3. The number of hydrogen-bond donors (Lipinski definition) is 2. The van der Waals surface area contributed by atoms with Crippen LogP contribution in [-0.4, -0.2) is 62.4 Å². The lowest BCUT2D eigenvalue weighted by molar-refractivity contribution is -0.124. The van der Waals surface area contributed by atoms with Crippen LogP contribution in [0.2, 0.25) is 0 Å². The van der Waals surface area contributed by atoms with Crippen LogP contribution in [0.3, 0.4) is 0 Å². The lowest BCUT2D eigenvalue weighted by atomic mass is 9.95. The van der Waals surface area contributed by atoms with E-state index in [4.69, 9.17) is 0 Å². The maximum Gasteiger partial charge on any atom is 0.241 e. The Balaban J connectivity index is 0.00000182. The van der Waals surface area contributed by atoms with E-state index >= 15 is 0 Å². The van der Waals surface area contributed by atoms with Crippen molar-refractivity contribution in [2.45, 2.75) is 43.5 Å². The molecule has 3 heterocycles. The van der Waals surface area contributed by atoms with Crippen LogP contribution in [0.4, 0.5) is 0 Å². The number of nitrogens with zero attached hydrogens (tertiary/aromatic N) is 1. The second-order valence-electron chi connectivity index (χ2n) is 7.16. The molecule has 0 spiro atoms. The van der Waals surface area contributed by atoms with Crippen molar-refractivity contribution >= 4 is 51.9 Å². The van der Waals surface area contributed by atoms with Crippen LogP contribution in [-0.2, 0) is 27.6 Å². The molecule has 6 nitrogen and oxygen atoms in total. The van der Waals surface area contributed by atoms with Crippen LogP contribution in [0, 0.1) is 0 Å². The molecule has 0 aliphatic carbocycles. The summed E-state index contributed by atoms with van der Waals surface area (Å²) in [7, 11) is -3.46. The molecule has 1 saturated heterocycles. The Kier molecular flexibility index (Phi) is 9.03. The third kappa shape index (κ3) is 5.16. The zero-order valence-electron chi connectivity index (χ0n) is 15.7. The molecule has 3 rings (SSSR count). The molecular weight excluding hydrogens is 429 g/mol. The van der Waals surface area contributed by atoms with Crippen molar-refractivity contribution in [1.82, 2.24) is 15.5 Å². The molecule has 156 valence electrons. The van der Waals surface area contributed by atoms with E-state index in [1.165, 1.54) is 16.7 Å². The predicted octanol–water partition coefficient (Wildman–Crippen LogP) is 1.62. The van der Waals surface area contributed by atoms with E-state index in [1.807, 2.05) is 11.3 Å². The van der Waals surface area contributed by atoms with Gasteiger partial charge in [-0.1, -0.05) is 0 Å². The Hall–Kier alpha value is -0.380. The van der Waals surface area contributed by atoms with Crippen molar-refractivity contribution < 1.29 is 13.2 Å². The highest BCUT2D eigenvalue weighted by Crippen LogP contribution is 2.28. The van der Waals surface area contributed by atoms with Crippen LogP contribution < -0.4 is 10.6 Å². The number of carbonyl (C=O) groups excluding carboxylic acids is 1. The van der Waals surface area contributed by atoms with E-state index in [0.29, 0.717) is 32.5 Å². The molecule has 2 N–H and O–H groups in total. The molecule has 27 heavy (non-hydrogen) atoms. The van der Waals surface area contributed by atoms with E-state index in [-0.39, 0.29) is 36.8 Å². The smallest absolute Gasteiger partial charge is 0.241 e. The van der Waals surface area contributed by atoms with Gasteiger partial charge in [0.15, 0.2) is 14.6 Å². The minimum atomic E-state index is -3.46. The maximum atomic E-state index is 12.8. The van der Waals surface area contributed by atoms with Gasteiger partial charge in [-0.15, -0.1) is 36.2 Å². The predicted molar refractivity (Wildman–Crippen MR) is 115 cm³/mol. The highest BCUT2D eigenvalue weighted by atomic mass is 35.5. The Morgan fingerprint density at radius 1 is 1.37 bits per heavy atom. The molecule has 10 heteroatoms. The fourth-order valence-corrected chi connectivity index (χ4v) is 6.02. The Morgan fingerprint density at radius 3 is 2.67 bits per heavy atom. The van der Waals surface area contributed by atoms with E-state index in [1.54, 1.807) is 0 Å². The molecule has 0 bridgehead atoms. The zero-order valence-corrected chi connectivity index (χ0v) is 19.0. The lowest BCUT2D eigenvalue weighted by Gasteiger charge is -2.36. The number of fused-ring (bicyclic) bond motifs is 1. The van der Waals surface area contributed by atoms with E-state index in [9.17, 15) is 13.2 Å². The minimum Gasteiger partial charge on any atom is -0.353 e. The largest absolute Gasteiger partial charge is 0.353 e. The van der Waals surface area contributed by atoms with Crippen molar-refractivity contribution in [2.75, 3.05) is 32.4 Å². The first kappa shape index (κ1) is 24.7. The molecule has 1 unspecified atom stereocenters. The van der Waals surface area contributed by atoms with Crippen LogP contribution in [0.5, 0.6) is 0 Å². The van der Waals surface area contributed by atoms with Gasteiger partial charge < -0.3 is 10.6 Å². The van der Waals surface area contributed by atoms with E-state index in [2.05, 4.69) is 33.9 Å². The van der Waals surface area contributed by atoms with Gasteiger partial charge in [0.1, 0.15) is 0 Å². The standard InChI is InChI=1S/C17H27N3O3S2.2ClH/c1-13(20-9-3-15-14(12-20)4-10-24-15)11-19-16(21)17(25(2,22)23)5-7-18-8-6-17;;/h4,10,13,18H,3,5-9,11-12H2,1-2H3,(H,19,21);2*1H. The van der Waals surface area contributed by atoms with Gasteiger partial charge in [-0.25, -0.2) is 8.42 Å². The summed E-state index contributed by atoms with van der Waals surface area (Å²) in [6, 6.07) is 2.35. The molecule has 0 aromatic carbocycles. The Bertz CT molecular complexity index is 734. The van der Waals surface area contributed by atoms with Gasteiger partial charge in [0.05, 0.1) is 0 Å². The highest BCUT2D eigenvalue weighted by molar-refractivity contribution is 7.92. The third-order valence-electron chi connectivity index (χ3n) is 5.55. The summed E-state index contributed by atoms with van der Waals surface area (Å²) in [6.07, 6.45) is 2.91. The molecule has 1 atom stereocenters. The first-order valence-electron chi connectivity index (χ1n) is 8.81. The average Bonchev–Trinajstić information content (AvgIpc) is 3.06. The van der Waals surface area contributed by atoms with Gasteiger partial charge in [-0.2, -0.15) is 0 Å². The topological polar surface area (TPSA) is 78.5 Å². The number of piperidine rings is 1. The number of halogens is 2. The highest BCUT2D eigenvalue weighted by Gasteiger charge is 2.48. The maximum absolute atomic E-state index is 12.8. The van der Waals surface area contributed by atoms with Crippen molar-refractivity contribution in [2.24, 2.45) is 0 Å². The fourth-order valence-electron chi connectivity index (χ4n) is 3.77. The molecule has 0 radical (unpaired) electrons. The average molecular weight is 458 g/mol. The number of amides is 1. The third-order valence-corrected chi connectivity index (χ3v) is 8.59. The van der Waals surface area contributed by atoms with Crippen molar-refractivity contribution in [3.05, 3.63) is 21.9 Å². The quantitative estimate of drug-likeness (QED) is 0.701. The number of rotatable bonds is 5. The summed E-state index contributed by atoms with van der Waals surface area (Å²) in [5.74, 6) is -0.336. The Morgan fingerprint density at radius 2 is 2.04 bits per heavy atom. The molecule has 1 aromatic heterocycles. The van der Waals surface area contributed by atoms with Crippen molar-refractivity contribution in [1.29, 1.82) is 0 Å². The van der Waals surface area contributed by atoms with Crippen LogP contribution in [0.15, 0.2) is 11.4 Å². The van der Waals surface area contributed by atoms with Crippen LogP contribution in [0.25, 0.3) is 0 Å². The van der Waals surface area contributed by atoms with Crippen molar-refractivity contribution in [3.8, 4) is 0 Å². The van der Waals surface area contributed by atoms with Gasteiger partial charge in [-0.05, 0) is 56.3 Å². The zero-order chi connectivity index (χ0) is 18.1. The van der Waals surface area contributed by atoms with E-state index < -0.39 is 14.6 Å². The monoisotopic (exact) mass is 457 g/mol. The molecule has 1 aromatic rings. The van der Waals surface area contributed by atoms with Crippen LogP contribution in [0.1, 0.15) is 30.2 Å². The minimum absolute atomic E-state index is 0. The summed E-state index contributed by atoms with van der Waals surface area (Å²) in [4.78, 5) is 16.6. The molecule has 1 amide bonds. The number of nitrogens with one attached hydrogen (secondary N) is 2. The number of thiophene rings is 1. The van der Waals surface area contributed by atoms with Gasteiger partial charge >= 0.3 is 0 Å². The van der Waals surface area contributed by atoms with Gasteiger partial charge in [-0.3, -0.25) is 9.69 Å². The first-order valence-corrected chi connectivity index (χ1v) is 11.6. The SMILES string of the molecule is CC(CNC(=O)C1(S(C)(=O)=O)CCNCC1)N1CCc2sccc2C1.Cl.Cl. The second kappa shape index (κ2) is 9.89. The fraction of sp³-hybridized carbons (Fsp3) is 0.706. The summed E-state index contributed by atoms with van der Waals surface area (Å²) in [5.41, 5.74) is 1.38. The second-order valence-corrected chi connectivity index (χ2v) is 10.5. The van der Waals surface area contributed by atoms with Gasteiger partial charge in [0, 0.05) is 36.8 Å². The number of sulfone groups is 1. The summed E-state index contributed by atoms with van der Waals surface area (Å²) in [5, 5.41) is 8.20. The van der Waals surface area contributed by atoms with Crippen LogP contribution >= 0.6 is 36.2 Å². The lowest BCUT2D eigenvalue weighted by Crippen LogP contribution is -2.58. The molecular formula is C17H29Cl2N3O3S2. The summed E-state index contributed by atoms with van der Waals surface area (Å²) in [6.45, 7) is 5.56. The van der Waals surface area contributed by atoms with Gasteiger partial charge in [0.2, 0.25) is 5.91 Å². The van der Waals surface area contributed by atoms with Crippen molar-refractivity contribution in [3.63, 3.8) is 0 Å². The molecule has 2 aliphatic heterocycles.